The van der Waals surface area contributed by atoms with Crippen molar-refractivity contribution in [3.63, 3.8) is 0 Å². The fourth-order valence-electron chi connectivity index (χ4n) is 6.82. The number of aliphatic hydroxyl groups excluding tert-OH is 5. The van der Waals surface area contributed by atoms with E-state index in [0.29, 0.717) is 42.9 Å². The quantitative estimate of drug-likeness (QED) is 0.0655. The van der Waals surface area contributed by atoms with Crippen molar-refractivity contribution in [3.8, 4) is 5.75 Å². The third-order valence-electron chi connectivity index (χ3n) is 9.98. The summed E-state index contributed by atoms with van der Waals surface area (Å²) in [6.07, 6.45) is 1.29. The first-order valence-corrected chi connectivity index (χ1v) is 18.3. The Morgan fingerprint density at radius 1 is 0.961 bits per heavy atom. The van der Waals surface area contributed by atoms with Gasteiger partial charge in [0, 0.05) is 52.1 Å². The lowest BCUT2D eigenvalue weighted by molar-refractivity contribution is -0.181. The van der Waals surface area contributed by atoms with Crippen LogP contribution in [-0.4, -0.2) is 137 Å². The Balaban J connectivity index is 1.21. The zero-order valence-corrected chi connectivity index (χ0v) is 30.6. The molecule has 1 heterocycles. The molecule has 2 fully saturated rings. The third-order valence-corrected chi connectivity index (χ3v) is 10.3. The lowest BCUT2D eigenvalue weighted by Crippen LogP contribution is -2.70. The zero-order chi connectivity index (χ0) is 37.6. The molecule has 10 N–H and O–H groups in total. The minimum Gasteiger partial charge on any atom is -0.496 e. The number of nitrogen functional groups attached to an aromatic ring is 1. The van der Waals surface area contributed by atoms with Crippen molar-refractivity contribution in [1.82, 2.24) is 20.9 Å². The van der Waals surface area contributed by atoms with Gasteiger partial charge < -0.3 is 61.6 Å². The molecule has 1 aliphatic carbocycles. The number of halogens is 1. The Bertz CT molecular complexity index is 1280. The number of carbonyl (C=O) groups excluding carboxylic acids is 3. The monoisotopic (exact) mass is 743 g/mol. The van der Waals surface area contributed by atoms with Crippen LogP contribution in [0.4, 0.5) is 5.69 Å². The van der Waals surface area contributed by atoms with Crippen LogP contribution in [0, 0.1) is 0 Å². The number of benzene rings is 1. The SMILES string of the molecule is COc1cc(N)c(Cl)cc1C(=O)N[C@@H]1CCN(CCCCCC(=O)NCCCCCCCC(=O)N[C@]2(CO)C[C@H](O)[C@H](O)[C@H](O)[C@H]2O)C[C@@H]1OC. The maximum atomic E-state index is 13.0. The van der Waals surface area contributed by atoms with Crippen LogP contribution < -0.4 is 26.4 Å². The van der Waals surface area contributed by atoms with Gasteiger partial charge in [0.25, 0.3) is 5.91 Å². The maximum absolute atomic E-state index is 13.0. The molecule has 0 spiro atoms. The average Bonchev–Trinajstić information content (AvgIpc) is 3.11. The summed E-state index contributed by atoms with van der Waals surface area (Å²) < 4.78 is 11.0. The van der Waals surface area contributed by atoms with Gasteiger partial charge in [-0.15, -0.1) is 0 Å². The molecule has 0 aromatic heterocycles. The number of carbonyl (C=O) groups is 3. The van der Waals surface area contributed by atoms with Gasteiger partial charge in [-0.1, -0.05) is 37.3 Å². The van der Waals surface area contributed by atoms with E-state index in [9.17, 15) is 39.9 Å². The van der Waals surface area contributed by atoms with Crippen molar-refractivity contribution in [3.05, 3.63) is 22.7 Å². The van der Waals surface area contributed by atoms with E-state index >= 15 is 0 Å². The van der Waals surface area contributed by atoms with Crippen molar-refractivity contribution in [2.24, 2.45) is 0 Å². The Morgan fingerprint density at radius 2 is 1.63 bits per heavy atom. The van der Waals surface area contributed by atoms with Crippen LogP contribution in [0.3, 0.4) is 0 Å². The Kier molecular flexibility index (Phi) is 17.6. The number of amides is 3. The molecule has 3 amide bonds. The van der Waals surface area contributed by atoms with Crippen LogP contribution in [0.15, 0.2) is 12.1 Å². The molecule has 51 heavy (non-hydrogen) atoms. The standard InChI is InChI=1S/C35H58ClN5O10/c1-50-27-18-24(37)23(36)17-22(27)34(49)39-25-13-16-41(20-28(25)51-2)15-10-6-8-11-29(44)38-14-9-5-3-4-7-12-30(45)40-35(21-42)19-26(43)31(46)32(47)33(35)48/h17-18,25-26,28,31-33,42-43,46-48H,3-16,19-21,37H2,1-2H3,(H,38,44)(H,39,49)(H,40,45)/t25-,26+,28+,31+,32+,33-,35+/m1/s1. The Hall–Kier alpha value is -2.76. The van der Waals surface area contributed by atoms with Gasteiger partial charge in [-0.2, -0.15) is 0 Å². The Labute approximate surface area is 305 Å². The minimum atomic E-state index is -1.69. The van der Waals surface area contributed by atoms with Crippen LogP contribution >= 0.6 is 11.6 Å². The molecular formula is C35H58ClN5O10. The van der Waals surface area contributed by atoms with Gasteiger partial charge in [0.1, 0.15) is 24.1 Å². The normalized spacial score (nSPS) is 26.7. The summed E-state index contributed by atoms with van der Waals surface area (Å²) >= 11 is 6.14. The van der Waals surface area contributed by atoms with Gasteiger partial charge >= 0.3 is 0 Å². The number of rotatable bonds is 20. The van der Waals surface area contributed by atoms with Gasteiger partial charge in [-0.05, 0) is 44.7 Å². The molecule has 290 valence electrons. The average molecular weight is 744 g/mol. The fraction of sp³-hybridized carbons (Fsp3) is 0.743. The van der Waals surface area contributed by atoms with E-state index < -0.39 is 42.5 Å². The lowest BCUT2D eigenvalue weighted by Gasteiger charge is -2.47. The highest BCUT2D eigenvalue weighted by Crippen LogP contribution is 2.31. The van der Waals surface area contributed by atoms with E-state index in [-0.39, 0.29) is 41.8 Å². The van der Waals surface area contributed by atoms with E-state index in [1.54, 1.807) is 7.11 Å². The van der Waals surface area contributed by atoms with Crippen molar-refractivity contribution in [2.45, 2.75) is 119 Å². The van der Waals surface area contributed by atoms with Crippen LogP contribution in [0.25, 0.3) is 0 Å². The molecule has 1 aromatic rings. The number of nitrogens with two attached hydrogens (primary N) is 1. The number of piperidine rings is 1. The number of anilines is 1. The van der Waals surface area contributed by atoms with Gasteiger partial charge in [0.05, 0.1) is 53.8 Å². The van der Waals surface area contributed by atoms with E-state index in [1.165, 1.54) is 19.2 Å². The minimum absolute atomic E-state index is 0.0344. The fourth-order valence-corrected chi connectivity index (χ4v) is 6.99. The molecule has 15 nitrogen and oxygen atoms in total. The second-order valence-corrected chi connectivity index (χ2v) is 14.2. The van der Waals surface area contributed by atoms with Crippen molar-refractivity contribution < 1.29 is 49.4 Å². The molecule has 16 heteroatoms. The number of aliphatic hydroxyl groups is 5. The summed E-state index contributed by atoms with van der Waals surface area (Å²) in [5.74, 6) is -0.324. The number of nitrogens with zero attached hydrogens (tertiary/aromatic N) is 1. The van der Waals surface area contributed by atoms with E-state index in [2.05, 4.69) is 20.9 Å². The molecule has 1 saturated heterocycles. The highest BCUT2D eigenvalue weighted by Gasteiger charge is 2.52. The predicted octanol–water partition coefficient (Wildman–Crippen LogP) is 0.462. The lowest BCUT2D eigenvalue weighted by atomic mass is 9.75. The summed E-state index contributed by atoms with van der Waals surface area (Å²) in [5, 5.41) is 58.7. The van der Waals surface area contributed by atoms with E-state index in [0.717, 1.165) is 64.5 Å². The first-order chi connectivity index (χ1) is 24.3. The Morgan fingerprint density at radius 3 is 2.31 bits per heavy atom. The second kappa shape index (κ2) is 21.1. The van der Waals surface area contributed by atoms with E-state index in [1.807, 2.05) is 0 Å². The van der Waals surface area contributed by atoms with Gasteiger partial charge in [-0.25, -0.2) is 0 Å². The second-order valence-electron chi connectivity index (χ2n) is 13.8. The molecule has 7 atom stereocenters. The summed E-state index contributed by atoms with van der Waals surface area (Å²) in [4.78, 5) is 40.1. The first-order valence-electron chi connectivity index (χ1n) is 18.0. The number of likely N-dealkylation sites (tertiary alicyclic amines) is 1. The molecule has 0 bridgehead atoms. The van der Waals surface area contributed by atoms with Crippen molar-refractivity contribution in [1.29, 1.82) is 0 Å². The van der Waals surface area contributed by atoms with Gasteiger partial charge in [0.15, 0.2) is 0 Å². The molecule has 2 aliphatic rings. The smallest absolute Gasteiger partial charge is 0.255 e. The highest BCUT2D eigenvalue weighted by molar-refractivity contribution is 6.33. The number of ether oxygens (including phenoxy) is 2. The topological polar surface area (TPSA) is 236 Å². The van der Waals surface area contributed by atoms with Crippen molar-refractivity contribution in [2.75, 3.05) is 52.7 Å². The summed E-state index contributed by atoms with van der Waals surface area (Å²) in [6.45, 7) is 2.28. The van der Waals surface area contributed by atoms with Gasteiger partial charge in [0.2, 0.25) is 11.8 Å². The zero-order valence-electron chi connectivity index (χ0n) is 29.8. The van der Waals surface area contributed by atoms with Gasteiger partial charge in [-0.3, -0.25) is 14.4 Å². The highest BCUT2D eigenvalue weighted by atomic mass is 35.5. The number of hydrogen-bond acceptors (Lipinski definition) is 12. The maximum Gasteiger partial charge on any atom is 0.255 e. The van der Waals surface area contributed by atoms with E-state index in [4.69, 9.17) is 26.8 Å². The number of unbranched alkanes of at least 4 members (excludes halogenated alkanes) is 6. The van der Waals surface area contributed by atoms with Crippen molar-refractivity contribution >= 4 is 35.0 Å². The molecular weight excluding hydrogens is 686 g/mol. The van der Waals surface area contributed by atoms with Crippen LogP contribution in [0.2, 0.25) is 5.02 Å². The number of hydrogen-bond donors (Lipinski definition) is 9. The predicted molar refractivity (Wildman–Crippen MR) is 191 cm³/mol. The number of nitrogens with one attached hydrogen (secondary N) is 3. The summed E-state index contributed by atoms with van der Waals surface area (Å²) in [7, 11) is 3.12. The van der Waals surface area contributed by atoms with Crippen LogP contribution in [0.1, 0.15) is 87.4 Å². The molecule has 1 aliphatic heterocycles. The molecule has 3 rings (SSSR count). The molecule has 0 unspecified atom stereocenters. The summed E-state index contributed by atoms with van der Waals surface area (Å²) in [6, 6.07) is 2.88. The third kappa shape index (κ3) is 12.4. The summed E-state index contributed by atoms with van der Waals surface area (Å²) in [5.41, 5.74) is 4.88. The number of methoxy groups -OCH3 is 2. The molecule has 1 saturated carbocycles. The van der Waals surface area contributed by atoms with Crippen LogP contribution in [-0.2, 0) is 14.3 Å². The molecule has 1 aromatic carbocycles. The first kappa shape index (κ1) is 42.7. The largest absolute Gasteiger partial charge is 0.496 e. The van der Waals surface area contributed by atoms with Crippen LogP contribution in [0.5, 0.6) is 5.75 Å². The molecule has 0 radical (unpaired) electrons.